The molecule has 4 aliphatic heterocycles. The highest BCUT2D eigenvalue weighted by Gasteiger charge is 2.42. The van der Waals surface area contributed by atoms with Crippen LogP contribution in [0.15, 0.2) is 18.2 Å². The van der Waals surface area contributed by atoms with E-state index < -0.39 is 6.04 Å². The number of morpholine rings is 1. The third-order valence-corrected chi connectivity index (χ3v) is 6.68. The molecule has 3 fully saturated rings. The number of nitrogens with zero attached hydrogens (tertiary/aromatic N) is 2. The van der Waals surface area contributed by atoms with E-state index in [1.165, 1.54) is 0 Å². The largest absolute Gasteiger partial charge is 0.368 e. The van der Waals surface area contributed by atoms with Crippen LogP contribution in [0.2, 0.25) is 0 Å². The van der Waals surface area contributed by atoms with E-state index in [2.05, 4.69) is 28.5 Å². The minimum atomic E-state index is -0.569. The summed E-state index contributed by atoms with van der Waals surface area (Å²) in [4.78, 5) is 40.7. The monoisotopic (exact) mass is 412 g/mol. The van der Waals surface area contributed by atoms with Crippen LogP contribution < -0.4 is 10.6 Å². The lowest BCUT2D eigenvalue weighted by Gasteiger charge is -2.43. The lowest BCUT2D eigenvalue weighted by Crippen LogP contribution is -2.55. The summed E-state index contributed by atoms with van der Waals surface area (Å²) < 4.78 is 6.27. The highest BCUT2D eigenvalue weighted by molar-refractivity contribution is 6.05. The van der Waals surface area contributed by atoms with E-state index in [4.69, 9.17) is 4.74 Å². The van der Waals surface area contributed by atoms with Gasteiger partial charge in [0.2, 0.25) is 11.8 Å². The first-order valence-corrected chi connectivity index (χ1v) is 10.8. The fraction of sp³-hybridized carbons (Fsp3) is 0.591. The van der Waals surface area contributed by atoms with Gasteiger partial charge in [0.05, 0.1) is 11.7 Å². The van der Waals surface area contributed by atoms with Crippen LogP contribution in [0.4, 0.5) is 0 Å². The Labute approximate surface area is 175 Å². The van der Waals surface area contributed by atoms with Crippen molar-refractivity contribution in [3.8, 4) is 0 Å². The van der Waals surface area contributed by atoms with E-state index in [0.717, 1.165) is 50.3 Å². The zero-order valence-corrected chi connectivity index (χ0v) is 17.3. The first kappa shape index (κ1) is 19.7. The highest BCUT2D eigenvalue weighted by Crippen LogP contribution is 2.31. The third-order valence-electron chi connectivity index (χ3n) is 6.68. The molecular formula is C22H28N4O4. The molecule has 0 aliphatic carbocycles. The number of amides is 3. The Morgan fingerprint density at radius 1 is 1.27 bits per heavy atom. The Bertz CT molecular complexity index is 895. The van der Waals surface area contributed by atoms with Gasteiger partial charge in [0, 0.05) is 44.7 Å². The lowest BCUT2D eigenvalue weighted by atomic mass is 9.98. The average Bonchev–Trinajstić information content (AvgIpc) is 3.26. The van der Waals surface area contributed by atoms with Gasteiger partial charge in [-0.25, -0.2) is 0 Å². The van der Waals surface area contributed by atoms with Crippen molar-refractivity contribution in [1.82, 2.24) is 20.4 Å². The predicted octanol–water partition coefficient (Wildman–Crippen LogP) is 0.400. The number of nitrogens with one attached hydrogen (secondary N) is 2. The molecule has 3 unspecified atom stereocenters. The standard InChI is InChI=1S/C22H28N4O4/c1-14-9-25(13-22(30-14)6-7-23-12-22)10-15-2-3-16-11-26(21(29)17(16)8-15)18-4-5-19(27)24-20(18)28/h2-3,8,14,18,23H,4-7,9-13H2,1H3,(H,24,27,28). The van der Waals surface area contributed by atoms with Crippen LogP contribution in [-0.2, 0) is 27.4 Å². The number of imide groups is 1. The molecule has 4 heterocycles. The van der Waals surface area contributed by atoms with Crippen molar-refractivity contribution in [2.45, 2.75) is 57.0 Å². The first-order chi connectivity index (χ1) is 14.4. The molecule has 5 rings (SSSR count). The molecule has 160 valence electrons. The van der Waals surface area contributed by atoms with Crippen molar-refractivity contribution in [2.75, 3.05) is 26.2 Å². The highest BCUT2D eigenvalue weighted by atomic mass is 16.5. The molecule has 3 amide bonds. The first-order valence-electron chi connectivity index (χ1n) is 10.8. The number of carbonyl (C=O) groups is 3. The molecule has 8 heteroatoms. The number of hydrogen-bond acceptors (Lipinski definition) is 6. The average molecular weight is 412 g/mol. The molecular weight excluding hydrogens is 384 g/mol. The van der Waals surface area contributed by atoms with Gasteiger partial charge in [-0.15, -0.1) is 0 Å². The minimum Gasteiger partial charge on any atom is -0.368 e. The number of hydrogen-bond donors (Lipinski definition) is 2. The second-order valence-electron chi connectivity index (χ2n) is 9.10. The molecule has 2 N–H and O–H groups in total. The number of piperidine rings is 1. The van der Waals surface area contributed by atoms with Gasteiger partial charge in [-0.3, -0.25) is 24.6 Å². The summed E-state index contributed by atoms with van der Waals surface area (Å²) in [5.41, 5.74) is 2.62. The number of ether oxygens (including phenoxy) is 1. The summed E-state index contributed by atoms with van der Waals surface area (Å²) in [5.74, 6) is -0.753. The number of rotatable bonds is 3. The van der Waals surface area contributed by atoms with Crippen LogP contribution in [0.5, 0.6) is 0 Å². The van der Waals surface area contributed by atoms with Gasteiger partial charge in [0.15, 0.2) is 0 Å². The quantitative estimate of drug-likeness (QED) is 0.699. The molecule has 1 aromatic carbocycles. The van der Waals surface area contributed by atoms with Crippen LogP contribution in [0.3, 0.4) is 0 Å². The van der Waals surface area contributed by atoms with Crippen LogP contribution in [-0.4, -0.2) is 71.4 Å². The van der Waals surface area contributed by atoms with Crippen molar-refractivity contribution in [1.29, 1.82) is 0 Å². The van der Waals surface area contributed by atoms with Gasteiger partial charge in [0.25, 0.3) is 5.91 Å². The molecule has 30 heavy (non-hydrogen) atoms. The van der Waals surface area contributed by atoms with Crippen molar-refractivity contribution >= 4 is 17.7 Å². The molecule has 0 saturated carbocycles. The Balaban J connectivity index is 1.30. The van der Waals surface area contributed by atoms with E-state index in [1.54, 1.807) is 4.90 Å². The normalized spacial score (nSPS) is 32.0. The van der Waals surface area contributed by atoms with Crippen molar-refractivity contribution in [3.05, 3.63) is 34.9 Å². The zero-order valence-electron chi connectivity index (χ0n) is 17.3. The topological polar surface area (TPSA) is 91.0 Å². The number of benzene rings is 1. The summed E-state index contributed by atoms with van der Waals surface area (Å²) in [5, 5.41) is 5.77. The van der Waals surface area contributed by atoms with Gasteiger partial charge < -0.3 is 15.0 Å². The maximum absolute atomic E-state index is 13.0. The van der Waals surface area contributed by atoms with Gasteiger partial charge in [-0.05, 0) is 43.5 Å². The smallest absolute Gasteiger partial charge is 0.255 e. The van der Waals surface area contributed by atoms with Crippen LogP contribution in [0.1, 0.15) is 47.7 Å². The summed E-state index contributed by atoms with van der Waals surface area (Å²) >= 11 is 0. The van der Waals surface area contributed by atoms with E-state index >= 15 is 0 Å². The second kappa shape index (κ2) is 7.44. The zero-order chi connectivity index (χ0) is 20.9. The summed E-state index contributed by atoms with van der Waals surface area (Å²) in [7, 11) is 0. The minimum absolute atomic E-state index is 0.104. The van der Waals surface area contributed by atoms with Crippen LogP contribution in [0, 0.1) is 0 Å². The van der Waals surface area contributed by atoms with Crippen molar-refractivity contribution in [3.63, 3.8) is 0 Å². The van der Waals surface area contributed by atoms with Gasteiger partial charge >= 0.3 is 0 Å². The Morgan fingerprint density at radius 2 is 2.13 bits per heavy atom. The Morgan fingerprint density at radius 3 is 2.90 bits per heavy atom. The van der Waals surface area contributed by atoms with Crippen LogP contribution in [0.25, 0.3) is 0 Å². The molecule has 3 saturated heterocycles. The summed E-state index contributed by atoms with van der Waals surface area (Å²) in [6.07, 6.45) is 1.86. The predicted molar refractivity (Wildman–Crippen MR) is 109 cm³/mol. The molecule has 0 bridgehead atoms. The summed E-state index contributed by atoms with van der Waals surface area (Å²) in [6.45, 7) is 6.95. The van der Waals surface area contributed by atoms with Gasteiger partial charge in [-0.2, -0.15) is 0 Å². The molecule has 1 aromatic rings. The number of fused-ring (bicyclic) bond motifs is 1. The molecule has 4 aliphatic rings. The van der Waals surface area contributed by atoms with E-state index in [1.807, 2.05) is 12.1 Å². The molecule has 0 aromatic heterocycles. The van der Waals surface area contributed by atoms with Gasteiger partial charge in [-0.1, -0.05) is 12.1 Å². The third kappa shape index (κ3) is 3.53. The van der Waals surface area contributed by atoms with Crippen molar-refractivity contribution < 1.29 is 19.1 Å². The van der Waals surface area contributed by atoms with E-state index in [0.29, 0.717) is 18.5 Å². The molecule has 1 spiro atoms. The number of carbonyl (C=O) groups excluding carboxylic acids is 3. The SMILES string of the molecule is CC1CN(Cc2ccc3c(c2)C(=O)N(C2CCC(=O)NC2=O)C3)CC2(CCNC2)O1. The maximum atomic E-state index is 13.0. The fourth-order valence-electron chi connectivity index (χ4n) is 5.37. The van der Waals surface area contributed by atoms with Crippen LogP contribution >= 0.6 is 0 Å². The maximum Gasteiger partial charge on any atom is 0.255 e. The Kier molecular flexibility index (Phi) is 4.88. The molecule has 3 atom stereocenters. The van der Waals surface area contributed by atoms with Gasteiger partial charge in [0.1, 0.15) is 6.04 Å². The molecule has 0 radical (unpaired) electrons. The fourth-order valence-corrected chi connectivity index (χ4v) is 5.37. The molecule has 8 nitrogen and oxygen atoms in total. The second-order valence-corrected chi connectivity index (χ2v) is 9.10. The lowest BCUT2D eigenvalue weighted by molar-refractivity contribution is -0.139. The Hall–Kier alpha value is -2.29. The summed E-state index contributed by atoms with van der Waals surface area (Å²) in [6, 6.07) is 5.50. The van der Waals surface area contributed by atoms with E-state index in [9.17, 15) is 14.4 Å². The van der Waals surface area contributed by atoms with Crippen molar-refractivity contribution in [2.24, 2.45) is 0 Å². The van der Waals surface area contributed by atoms with E-state index in [-0.39, 0.29) is 35.8 Å².